The minimum absolute atomic E-state index is 0.200. The molecule has 0 spiro atoms. The Bertz CT molecular complexity index is 910. The van der Waals surface area contributed by atoms with E-state index in [4.69, 9.17) is 4.98 Å². The first-order chi connectivity index (χ1) is 14.2. The Morgan fingerprint density at radius 1 is 0.897 bits per heavy atom. The third-order valence-electron chi connectivity index (χ3n) is 5.25. The highest BCUT2D eigenvalue weighted by molar-refractivity contribution is 5.50. The van der Waals surface area contributed by atoms with E-state index in [2.05, 4.69) is 24.7 Å². The Labute approximate surface area is 170 Å². The van der Waals surface area contributed by atoms with E-state index in [1.807, 2.05) is 56.0 Å². The van der Waals surface area contributed by atoms with Gasteiger partial charge in [-0.15, -0.1) is 0 Å². The molecule has 0 amide bonds. The van der Waals surface area contributed by atoms with Crippen molar-refractivity contribution in [1.82, 2.24) is 15.0 Å². The third kappa shape index (κ3) is 4.80. The summed E-state index contributed by atoms with van der Waals surface area (Å²) in [5, 5.41) is 0. The van der Waals surface area contributed by atoms with Gasteiger partial charge in [0.2, 0.25) is 5.95 Å². The van der Waals surface area contributed by atoms with Crippen LogP contribution in [0.3, 0.4) is 0 Å². The molecule has 150 valence electrons. The molecule has 0 saturated carbocycles. The average molecular weight is 392 g/mol. The molecule has 3 aromatic rings. The lowest BCUT2D eigenvalue weighted by molar-refractivity contribution is 0.624. The number of hydrogen-bond acceptors (Lipinski definition) is 6. The number of pyridine rings is 1. The number of anilines is 3. The fourth-order valence-electron chi connectivity index (χ4n) is 3.49. The predicted octanol–water partition coefficient (Wildman–Crippen LogP) is 3.02. The van der Waals surface area contributed by atoms with Crippen molar-refractivity contribution in [1.29, 1.82) is 0 Å². The van der Waals surface area contributed by atoms with Gasteiger partial charge in [-0.05, 0) is 54.4 Å². The van der Waals surface area contributed by atoms with Crippen molar-refractivity contribution in [3.8, 4) is 0 Å². The van der Waals surface area contributed by atoms with Gasteiger partial charge in [0.15, 0.2) is 0 Å². The second kappa shape index (κ2) is 8.86. The zero-order valence-corrected chi connectivity index (χ0v) is 16.6. The van der Waals surface area contributed by atoms with E-state index in [-0.39, 0.29) is 5.82 Å². The van der Waals surface area contributed by atoms with Crippen LogP contribution in [-0.4, -0.2) is 54.7 Å². The lowest BCUT2D eigenvalue weighted by atomic mass is 10.2. The van der Waals surface area contributed by atoms with Crippen molar-refractivity contribution in [3.63, 3.8) is 0 Å². The van der Waals surface area contributed by atoms with Crippen LogP contribution in [0.2, 0.25) is 0 Å². The number of rotatable bonds is 6. The smallest absolute Gasteiger partial charge is 0.227 e. The molecular weight excluding hydrogens is 367 g/mol. The van der Waals surface area contributed by atoms with Crippen molar-refractivity contribution in [2.75, 3.05) is 54.5 Å². The van der Waals surface area contributed by atoms with Crippen LogP contribution >= 0.6 is 0 Å². The normalized spacial score (nSPS) is 14.1. The maximum Gasteiger partial charge on any atom is 0.227 e. The molecule has 1 saturated heterocycles. The van der Waals surface area contributed by atoms with Crippen LogP contribution in [0.4, 0.5) is 21.8 Å². The van der Waals surface area contributed by atoms with Gasteiger partial charge in [0, 0.05) is 64.0 Å². The summed E-state index contributed by atoms with van der Waals surface area (Å²) in [6, 6.07) is 12.7. The zero-order valence-electron chi connectivity index (χ0n) is 16.6. The van der Waals surface area contributed by atoms with Crippen molar-refractivity contribution in [2.45, 2.75) is 6.42 Å². The van der Waals surface area contributed by atoms with Gasteiger partial charge in [0.25, 0.3) is 0 Å². The minimum atomic E-state index is -0.200. The van der Waals surface area contributed by atoms with Crippen LogP contribution in [0.1, 0.15) is 5.56 Å². The fraction of sp³-hybridized carbons (Fsp3) is 0.318. The third-order valence-corrected chi connectivity index (χ3v) is 5.25. The molecule has 0 radical (unpaired) electrons. The van der Waals surface area contributed by atoms with Gasteiger partial charge < -0.3 is 14.7 Å². The largest absolute Gasteiger partial charge is 0.368 e. The maximum absolute atomic E-state index is 13.1. The number of benzene rings is 1. The first kappa shape index (κ1) is 19.1. The van der Waals surface area contributed by atoms with Gasteiger partial charge in [-0.3, -0.25) is 4.98 Å². The summed E-state index contributed by atoms with van der Waals surface area (Å²) >= 11 is 0. The van der Waals surface area contributed by atoms with E-state index in [0.717, 1.165) is 56.6 Å². The summed E-state index contributed by atoms with van der Waals surface area (Å²) in [5.74, 6) is 1.48. The first-order valence-electron chi connectivity index (χ1n) is 9.87. The van der Waals surface area contributed by atoms with Gasteiger partial charge in [-0.2, -0.15) is 4.98 Å². The van der Waals surface area contributed by atoms with Gasteiger partial charge in [-0.25, -0.2) is 9.37 Å². The molecule has 4 rings (SSSR count). The van der Waals surface area contributed by atoms with Gasteiger partial charge >= 0.3 is 0 Å². The summed E-state index contributed by atoms with van der Waals surface area (Å²) in [5.41, 5.74) is 2.31. The zero-order chi connectivity index (χ0) is 20.1. The van der Waals surface area contributed by atoms with Crippen LogP contribution < -0.4 is 14.7 Å². The van der Waals surface area contributed by atoms with E-state index in [1.165, 1.54) is 17.7 Å². The van der Waals surface area contributed by atoms with Crippen LogP contribution in [0.5, 0.6) is 0 Å². The molecule has 1 aliphatic rings. The first-order valence-corrected chi connectivity index (χ1v) is 9.87. The van der Waals surface area contributed by atoms with Crippen LogP contribution in [-0.2, 0) is 6.42 Å². The molecule has 3 heterocycles. The molecule has 7 heteroatoms. The molecular formula is C22H25FN6. The molecule has 0 N–H and O–H groups in total. The molecule has 2 aromatic heterocycles. The molecule has 0 aliphatic carbocycles. The standard InChI is InChI=1S/C22H25FN6/c1-27(13-9-18-6-10-24-11-7-18)22-25-12-8-21(26-22)29-16-14-28(15-17-29)20-4-2-19(23)3-5-20/h2-8,10-12H,9,13-17H2,1H3. The topological polar surface area (TPSA) is 48.4 Å². The monoisotopic (exact) mass is 392 g/mol. The summed E-state index contributed by atoms with van der Waals surface area (Å²) < 4.78 is 13.1. The van der Waals surface area contributed by atoms with E-state index < -0.39 is 0 Å². The van der Waals surface area contributed by atoms with Crippen molar-refractivity contribution >= 4 is 17.5 Å². The molecule has 0 unspecified atom stereocenters. The Hall–Kier alpha value is -3.22. The van der Waals surface area contributed by atoms with Gasteiger partial charge in [-0.1, -0.05) is 0 Å². The van der Waals surface area contributed by atoms with E-state index in [9.17, 15) is 4.39 Å². The molecule has 0 bridgehead atoms. The molecule has 29 heavy (non-hydrogen) atoms. The lowest BCUT2D eigenvalue weighted by Gasteiger charge is -2.36. The number of hydrogen-bond donors (Lipinski definition) is 0. The highest BCUT2D eigenvalue weighted by Gasteiger charge is 2.19. The second-order valence-corrected chi connectivity index (χ2v) is 7.19. The average Bonchev–Trinajstić information content (AvgIpc) is 2.79. The maximum atomic E-state index is 13.1. The van der Waals surface area contributed by atoms with Crippen molar-refractivity contribution < 1.29 is 4.39 Å². The summed E-state index contributed by atoms with van der Waals surface area (Å²) in [7, 11) is 2.02. The van der Waals surface area contributed by atoms with E-state index in [1.54, 1.807) is 0 Å². The molecule has 1 aliphatic heterocycles. The number of aromatic nitrogens is 3. The Morgan fingerprint density at radius 3 is 2.31 bits per heavy atom. The van der Waals surface area contributed by atoms with Gasteiger partial charge in [0.05, 0.1) is 0 Å². The summed E-state index contributed by atoms with van der Waals surface area (Å²) in [4.78, 5) is 19.9. The number of piperazine rings is 1. The van der Waals surface area contributed by atoms with E-state index >= 15 is 0 Å². The minimum Gasteiger partial charge on any atom is -0.368 e. The molecule has 1 fully saturated rings. The molecule has 1 aromatic carbocycles. The lowest BCUT2D eigenvalue weighted by Crippen LogP contribution is -2.47. The molecule has 0 atom stereocenters. The SMILES string of the molecule is CN(CCc1ccncc1)c1nccc(N2CCN(c3ccc(F)cc3)CC2)n1. The summed E-state index contributed by atoms with van der Waals surface area (Å²) in [6.45, 7) is 4.33. The Kier molecular flexibility index (Phi) is 5.84. The quantitative estimate of drug-likeness (QED) is 0.643. The number of likely N-dealkylation sites (N-methyl/N-ethyl adjacent to an activating group) is 1. The van der Waals surface area contributed by atoms with E-state index in [0.29, 0.717) is 0 Å². The fourth-order valence-corrected chi connectivity index (χ4v) is 3.49. The number of nitrogens with zero attached hydrogens (tertiary/aromatic N) is 6. The molecule has 6 nitrogen and oxygen atoms in total. The highest BCUT2D eigenvalue weighted by Crippen LogP contribution is 2.20. The highest BCUT2D eigenvalue weighted by atomic mass is 19.1. The summed E-state index contributed by atoms with van der Waals surface area (Å²) in [6.07, 6.45) is 6.38. The van der Waals surface area contributed by atoms with Crippen LogP contribution in [0.25, 0.3) is 0 Å². The van der Waals surface area contributed by atoms with Crippen molar-refractivity contribution in [2.24, 2.45) is 0 Å². The van der Waals surface area contributed by atoms with Crippen LogP contribution in [0.15, 0.2) is 61.1 Å². The Morgan fingerprint density at radius 2 is 1.59 bits per heavy atom. The van der Waals surface area contributed by atoms with Crippen molar-refractivity contribution in [3.05, 3.63) is 72.4 Å². The Balaban J connectivity index is 1.35. The number of halogens is 1. The van der Waals surface area contributed by atoms with Crippen LogP contribution in [0, 0.1) is 5.82 Å². The van der Waals surface area contributed by atoms with Gasteiger partial charge in [0.1, 0.15) is 11.6 Å². The predicted molar refractivity (Wildman–Crippen MR) is 114 cm³/mol. The second-order valence-electron chi connectivity index (χ2n) is 7.19.